The minimum atomic E-state index is 0.0145. The highest BCUT2D eigenvalue weighted by Gasteiger charge is 2.34. The molecule has 1 N–H and O–H groups in total. The Kier molecular flexibility index (Phi) is 3.31. The average molecular weight is 312 g/mol. The summed E-state index contributed by atoms with van der Waals surface area (Å²) in [5.41, 5.74) is 4.67. The Morgan fingerprint density at radius 1 is 1.18 bits per heavy atom. The number of rotatable bonds is 3. The number of nitrogens with zero attached hydrogens (tertiary/aromatic N) is 1. The van der Waals surface area contributed by atoms with Crippen LogP contribution >= 0.6 is 11.3 Å². The molecule has 0 unspecified atom stereocenters. The number of anilines is 1. The van der Waals surface area contributed by atoms with E-state index in [4.69, 9.17) is 0 Å². The SMILES string of the molecule is Cc1ccc(NC(=O)c2cc3c(s2)CN(C2CC2)C3)cc1C. The fourth-order valence-electron chi connectivity index (χ4n) is 3.01. The van der Waals surface area contributed by atoms with Crippen LogP contribution < -0.4 is 5.32 Å². The van der Waals surface area contributed by atoms with Gasteiger partial charge in [0.05, 0.1) is 4.88 Å². The van der Waals surface area contributed by atoms with Crippen molar-refractivity contribution in [2.24, 2.45) is 0 Å². The molecule has 0 saturated heterocycles. The van der Waals surface area contributed by atoms with Gasteiger partial charge < -0.3 is 5.32 Å². The summed E-state index contributed by atoms with van der Waals surface area (Å²) in [5.74, 6) is 0.0145. The van der Waals surface area contributed by atoms with E-state index in [1.54, 1.807) is 11.3 Å². The molecular weight excluding hydrogens is 292 g/mol. The zero-order chi connectivity index (χ0) is 15.3. The van der Waals surface area contributed by atoms with Crippen LogP contribution in [-0.4, -0.2) is 16.8 Å². The molecule has 1 saturated carbocycles. The van der Waals surface area contributed by atoms with Gasteiger partial charge in [0.25, 0.3) is 5.91 Å². The number of hydrogen-bond acceptors (Lipinski definition) is 3. The second kappa shape index (κ2) is 5.21. The first-order chi connectivity index (χ1) is 10.6. The topological polar surface area (TPSA) is 32.3 Å². The van der Waals surface area contributed by atoms with Crippen LogP contribution in [-0.2, 0) is 13.1 Å². The van der Waals surface area contributed by atoms with Gasteiger partial charge in [-0.05, 0) is 61.6 Å². The van der Waals surface area contributed by atoms with Crippen molar-refractivity contribution in [2.45, 2.75) is 45.8 Å². The van der Waals surface area contributed by atoms with Crippen molar-refractivity contribution >= 4 is 22.9 Å². The van der Waals surface area contributed by atoms with Crippen LogP contribution in [0.25, 0.3) is 0 Å². The molecule has 3 nitrogen and oxygen atoms in total. The van der Waals surface area contributed by atoms with Crippen molar-refractivity contribution in [3.05, 3.63) is 50.7 Å². The zero-order valence-electron chi connectivity index (χ0n) is 13.0. The first kappa shape index (κ1) is 14.0. The molecule has 1 aliphatic carbocycles. The maximum atomic E-state index is 12.4. The third-order valence-electron chi connectivity index (χ3n) is 4.67. The average Bonchev–Trinajstić information content (AvgIpc) is 3.13. The van der Waals surface area contributed by atoms with E-state index in [1.807, 2.05) is 18.2 Å². The first-order valence-corrected chi connectivity index (χ1v) is 8.66. The molecule has 4 rings (SSSR count). The van der Waals surface area contributed by atoms with Crippen molar-refractivity contribution < 1.29 is 4.79 Å². The van der Waals surface area contributed by atoms with E-state index in [0.29, 0.717) is 0 Å². The first-order valence-electron chi connectivity index (χ1n) is 7.84. The summed E-state index contributed by atoms with van der Waals surface area (Å²) in [6.45, 7) is 6.20. The third kappa shape index (κ3) is 2.57. The highest BCUT2D eigenvalue weighted by Crippen LogP contribution is 2.38. The Bertz CT molecular complexity index is 722. The largest absolute Gasteiger partial charge is 0.321 e. The van der Waals surface area contributed by atoms with E-state index >= 15 is 0 Å². The normalized spacial score (nSPS) is 17.5. The monoisotopic (exact) mass is 312 g/mol. The van der Waals surface area contributed by atoms with Crippen molar-refractivity contribution in [2.75, 3.05) is 5.32 Å². The van der Waals surface area contributed by atoms with Gasteiger partial charge in [0, 0.05) is 29.7 Å². The zero-order valence-corrected chi connectivity index (χ0v) is 13.8. The van der Waals surface area contributed by atoms with Gasteiger partial charge in [-0.25, -0.2) is 0 Å². The molecule has 114 valence electrons. The third-order valence-corrected chi connectivity index (χ3v) is 5.83. The predicted octanol–water partition coefficient (Wildman–Crippen LogP) is 4.10. The Balaban J connectivity index is 1.47. The van der Waals surface area contributed by atoms with Gasteiger partial charge in [-0.15, -0.1) is 11.3 Å². The van der Waals surface area contributed by atoms with Gasteiger partial charge in [0.1, 0.15) is 0 Å². The molecular formula is C18H20N2OS. The lowest BCUT2D eigenvalue weighted by Crippen LogP contribution is -2.18. The number of nitrogens with one attached hydrogen (secondary N) is 1. The number of fused-ring (bicyclic) bond motifs is 1. The summed E-state index contributed by atoms with van der Waals surface area (Å²) < 4.78 is 0. The van der Waals surface area contributed by atoms with E-state index in [9.17, 15) is 4.79 Å². The fourth-order valence-corrected chi connectivity index (χ4v) is 4.11. The Labute approximate surface area is 135 Å². The summed E-state index contributed by atoms with van der Waals surface area (Å²) in [5, 5.41) is 3.02. The number of carbonyl (C=O) groups is 1. The minimum Gasteiger partial charge on any atom is -0.321 e. The molecule has 22 heavy (non-hydrogen) atoms. The van der Waals surface area contributed by atoms with Crippen molar-refractivity contribution in [3.8, 4) is 0 Å². The molecule has 4 heteroatoms. The van der Waals surface area contributed by atoms with E-state index in [2.05, 4.69) is 30.1 Å². The highest BCUT2D eigenvalue weighted by atomic mass is 32.1. The van der Waals surface area contributed by atoms with Gasteiger partial charge in [-0.2, -0.15) is 0 Å². The standard InChI is InChI=1S/C18H20N2OS/c1-11-3-4-14(7-12(11)2)19-18(21)16-8-13-9-20(15-5-6-15)10-17(13)22-16/h3-4,7-8,15H,5-6,9-10H2,1-2H3,(H,19,21). The van der Waals surface area contributed by atoms with Gasteiger partial charge in [-0.3, -0.25) is 9.69 Å². The molecule has 0 atom stereocenters. The predicted molar refractivity (Wildman–Crippen MR) is 90.5 cm³/mol. The molecule has 1 fully saturated rings. The summed E-state index contributed by atoms with van der Waals surface area (Å²) in [7, 11) is 0. The Hall–Kier alpha value is -1.65. The van der Waals surface area contributed by atoms with Crippen LogP contribution in [0.3, 0.4) is 0 Å². The van der Waals surface area contributed by atoms with Crippen molar-refractivity contribution in [3.63, 3.8) is 0 Å². The van der Waals surface area contributed by atoms with Crippen LogP contribution in [0.2, 0.25) is 0 Å². The van der Waals surface area contributed by atoms with Gasteiger partial charge in [-0.1, -0.05) is 6.07 Å². The van der Waals surface area contributed by atoms with Crippen LogP contribution in [0.5, 0.6) is 0 Å². The van der Waals surface area contributed by atoms with Crippen LogP contribution in [0, 0.1) is 13.8 Å². The second-order valence-corrected chi connectivity index (χ2v) is 7.59. The van der Waals surface area contributed by atoms with E-state index in [1.165, 1.54) is 34.4 Å². The number of hydrogen-bond donors (Lipinski definition) is 1. The molecule has 2 heterocycles. The molecule has 2 aromatic rings. The van der Waals surface area contributed by atoms with Gasteiger partial charge in [0.15, 0.2) is 0 Å². The fraction of sp³-hybridized carbons (Fsp3) is 0.389. The number of carbonyl (C=O) groups excluding carboxylic acids is 1. The Morgan fingerprint density at radius 2 is 2.00 bits per heavy atom. The number of amides is 1. The molecule has 1 aromatic heterocycles. The van der Waals surface area contributed by atoms with Gasteiger partial charge >= 0.3 is 0 Å². The second-order valence-electron chi connectivity index (χ2n) is 6.45. The summed E-state index contributed by atoms with van der Waals surface area (Å²) in [6, 6.07) is 8.93. The summed E-state index contributed by atoms with van der Waals surface area (Å²) in [6.07, 6.45) is 2.68. The quantitative estimate of drug-likeness (QED) is 0.925. The summed E-state index contributed by atoms with van der Waals surface area (Å²) >= 11 is 1.65. The molecule has 1 amide bonds. The van der Waals surface area contributed by atoms with E-state index in [0.717, 1.165) is 29.7 Å². The molecule has 0 spiro atoms. The lowest BCUT2D eigenvalue weighted by atomic mass is 10.1. The lowest BCUT2D eigenvalue weighted by molar-refractivity contribution is 0.103. The maximum Gasteiger partial charge on any atom is 0.265 e. The lowest BCUT2D eigenvalue weighted by Gasteiger charge is -2.12. The Morgan fingerprint density at radius 3 is 2.68 bits per heavy atom. The van der Waals surface area contributed by atoms with E-state index < -0.39 is 0 Å². The smallest absolute Gasteiger partial charge is 0.265 e. The number of benzene rings is 1. The minimum absolute atomic E-state index is 0.0145. The van der Waals surface area contributed by atoms with Crippen molar-refractivity contribution in [1.82, 2.24) is 4.90 Å². The number of aryl methyl sites for hydroxylation is 2. The maximum absolute atomic E-state index is 12.4. The number of thiophene rings is 1. The molecule has 0 bridgehead atoms. The van der Waals surface area contributed by atoms with E-state index in [-0.39, 0.29) is 5.91 Å². The van der Waals surface area contributed by atoms with Crippen LogP contribution in [0.1, 0.15) is 44.1 Å². The van der Waals surface area contributed by atoms with Gasteiger partial charge in [0.2, 0.25) is 0 Å². The highest BCUT2D eigenvalue weighted by molar-refractivity contribution is 7.14. The van der Waals surface area contributed by atoms with Crippen LogP contribution in [0.4, 0.5) is 5.69 Å². The summed E-state index contributed by atoms with van der Waals surface area (Å²) in [4.78, 5) is 17.2. The molecule has 1 aliphatic heterocycles. The molecule has 2 aliphatic rings. The molecule has 0 radical (unpaired) electrons. The molecule has 1 aromatic carbocycles. The van der Waals surface area contributed by atoms with Crippen molar-refractivity contribution in [1.29, 1.82) is 0 Å². The van der Waals surface area contributed by atoms with Crippen LogP contribution in [0.15, 0.2) is 24.3 Å².